The van der Waals surface area contributed by atoms with Gasteiger partial charge in [0.2, 0.25) is 17.7 Å². The van der Waals surface area contributed by atoms with Gasteiger partial charge in [-0.1, -0.05) is 17.3 Å². The van der Waals surface area contributed by atoms with E-state index in [4.69, 9.17) is 9.57 Å². The predicted molar refractivity (Wildman–Crippen MR) is 99.3 cm³/mol. The SMILES string of the molecule is C/C(=N\OCc1ccc(C(F)(F)F)cc1)c1ccc(OCN2C(=O)CCC2=O)nc1. The largest absolute Gasteiger partial charge is 0.456 e. The Morgan fingerprint density at radius 1 is 1.10 bits per heavy atom. The average molecular weight is 421 g/mol. The summed E-state index contributed by atoms with van der Waals surface area (Å²) in [5.41, 5.74) is 0.971. The number of halogens is 3. The lowest BCUT2D eigenvalue weighted by molar-refractivity contribution is -0.142. The van der Waals surface area contributed by atoms with E-state index < -0.39 is 11.7 Å². The normalized spacial score (nSPS) is 14.9. The van der Waals surface area contributed by atoms with Gasteiger partial charge in [-0.15, -0.1) is 0 Å². The van der Waals surface area contributed by atoms with Crippen LogP contribution in [0.25, 0.3) is 0 Å². The van der Waals surface area contributed by atoms with Crippen molar-refractivity contribution in [1.82, 2.24) is 9.88 Å². The summed E-state index contributed by atoms with van der Waals surface area (Å²) in [6.07, 6.45) is -2.51. The monoisotopic (exact) mass is 421 g/mol. The molecule has 0 N–H and O–H groups in total. The molecule has 1 saturated heterocycles. The zero-order chi connectivity index (χ0) is 21.7. The number of oxime groups is 1. The molecule has 0 saturated carbocycles. The molecule has 0 atom stereocenters. The number of ether oxygens (including phenoxy) is 1. The summed E-state index contributed by atoms with van der Waals surface area (Å²) in [6.45, 7) is 1.52. The lowest BCUT2D eigenvalue weighted by atomic mass is 10.1. The van der Waals surface area contributed by atoms with E-state index in [1.54, 1.807) is 19.1 Å². The number of carbonyl (C=O) groups is 2. The lowest BCUT2D eigenvalue weighted by Crippen LogP contribution is -2.33. The number of benzene rings is 1. The van der Waals surface area contributed by atoms with Crippen LogP contribution in [0.5, 0.6) is 5.88 Å². The topological polar surface area (TPSA) is 81.1 Å². The second-order valence-electron chi connectivity index (χ2n) is 6.52. The third-order valence-corrected chi connectivity index (χ3v) is 4.36. The first-order chi connectivity index (χ1) is 14.2. The summed E-state index contributed by atoms with van der Waals surface area (Å²) in [5, 5.41) is 3.94. The van der Waals surface area contributed by atoms with Gasteiger partial charge in [-0.05, 0) is 30.7 Å². The molecule has 0 aliphatic carbocycles. The van der Waals surface area contributed by atoms with E-state index in [-0.39, 0.29) is 43.9 Å². The maximum Gasteiger partial charge on any atom is 0.416 e. The van der Waals surface area contributed by atoms with Crippen molar-refractivity contribution in [3.05, 3.63) is 59.3 Å². The number of amides is 2. The van der Waals surface area contributed by atoms with Crippen LogP contribution in [0.15, 0.2) is 47.8 Å². The minimum Gasteiger partial charge on any atom is -0.456 e. The van der Waals surface area contributed by atoms with Crippen LogP contribution in [-0.2, 0) is 27.2 Å². The van der Waals surface area contributed by atoms with Crippen molar-refractivity contribution in [1.29, 1.82) is 0 Å². The average Bonchev–Trinajstić information content (AvgIpc) is 3.04. The number of likely N-dealkylation sites (tertiary alicyclic amines) is 1. The molecule has 10 heteroatoms. The van der Waals surface area contributed by atoms with Gasteiger partial charge in [-0.25, -0.2) is 9.88 Å². The van der Waals surface area contributed by atoms with Crippen LogP contribution in [0.2, 0.25) is 0 Å². The van der Waals surface area contributed by atoms with Gasteiger partial charge >= 0.3 is 6.18 Å². The Morgan fingerprint density at radius 2 is 1.77 bits per heavy atom. The highest BCUT2D eigenvalue weighted by atomic mass is 19.4. The van der Waals surface area contributed by atoms with Crippen LogP contribution in [0.3, 0.4) is 0 Å². The van der Waals surface area contributed by atoms with E-state index >= 15 is 0 Å². The molecule has 2 aromatic rings. The minimum absolute atomic E-state index is 0.0159. The van der Waals surface area contributed by atoms with Gasteiger partial charge < -0.3 is 9.57 Å². The summed E-state index contributed by atoms with van der Waals surface area (Å²) in [5.74, 6) is -0.306. The molecule has 0 unspecified atom stereocenters. The van der Waals surface area contributed by atoms with Crippen molar-refractivity contribution in [2.75, 3.05) is 6.73 Å². The molecule has 30 heavy (non-hydrogen) atoms. The van der Waals surface area contributed by atoms with Crippen LogP contribution < -0.4 is 4.74 Å². The number of carbonyl (C=O) groups excluding carboxylic acids is 2. The smallest absolute Gasteiger partial charge is 0.416 e. The van der Waals surface area contributed by atoms with Gasteiger partial charge in [0.15, 0.2) is 6.73 Å². The second-order valence-corrected chi connectivity index (χ2v) is 6.52. The number of nitrogens with zero attached hydrogens (tertiary/aromatic N) is 3. The molecule has 1 aromatic heterocycles. The summed E-state index contributed by atoms with van der Waals surface area (Å²) in [7, 11) is 0. The van der Waals surface area contributed by atoms with Gasteiger partial charge in [0.1, 0.15) is 6.61 Å². The van der Waals surface area contributed by atoms with Crippen molar-refractivity contribution in [3.8, 4) is 5.88 Å². The van der Waals surface area contributed by atoms with Crippen molar-refractivity contribution in [3.63, 3.8) is 0 Å². The highest BCUT2D eigenvalue weighted by Crippen LogP contribution is 2.29. The van der Waals surface area contributed by atoms with Gasteiger partial charge in [0, 0.05) is 30.7 Å². The first kappa shape index (κ1) is 21.3. The number of aromatic nitrogens is 1. The fourth-order valence-electron chi connectivity index (χ4n) is 2.62. The quantitative estimate of drug-likeness (QED) is 0.388. The molecule has 1 aromatic carbocycles. The Bertz CT molecular complexity index is 925. The highest BCUT2D eigenvalue weighted by molar-refractivity contribution is 6.01. The summed E-state index contributed by atoms with van der Waals surface area (Å²) < 4.78 is 43.0. The maximum atomic E-state index is 12.6. The molecule has 0 bridgehead atoms. The van der Waals surface area contributed by atoms with Gasteiger partial charge in [-0.3, -0.25) is 9.59 Å². The van der Waals surface area contributed by atoms with E-state index in [0.29, 0.717) is 16.8 Å². The van der Waals surface area contributed by atoms with Crippen LogP contribution in [0, 0.1) is 0 Å². The Kier molecular flexibility index (Phi) is 6.34. The zero-order valence-electron chi connectivity index (χ0n) is 16.0. The molecule has 3 rings (SSSR count). The second kappa shape index (κ2) is 8.93. The van der Waals surface area contributed by atoms with Crippen LogP contribution >= 0.6 is 0 Å². The lowest BCUT2D eigenvalue weighted by Gasteiger charge is -2.14. The number of alkyl halides is 3. The highest BCUT2D eigenvalue weighted by Gasteiger charge is 2.30. The molecule has 2 heterocycles. The molecule has 1 fully saturated rings. The first-order valence-corrected chi connectivity index (χ1v) is 8.99. The number of imide groups is 1. The van der Waals surface area contributed by atoms with E-state index in [1.807, 2.05) is 0 Å². The van der Waals surface area contributed by atoms with Crippen molar-refractivity contribution < 1.29 is 32.3 Å². The van der Waals surface area contributed by atoms with Crippen LogP contribution in [-0.4, -0.2) is 34.1 Å². The van der Waals surface area contributed by atoms with E-state index in [1.165, 1.54) is 18.3 Å². The van der Waals surface area contributed by atoms with E-state index in [2.05, 4.69) is 10.1 Å². The Hall–Kier alpha value is -3.43. The molecule has 1 aliphatic heterocycles. The third kappa shape index (κ3) is 5.34. The van der Waals surface area contributed by atoms with Crippen molar-refractivity contribution in [2.45, 2.75) is 32.5 Å². The molecule has 0 spiro atoms. The fraction of sp³-hybridized carbons (Fsp3) is 0.300. The van der Waals surface area contributed by atoms with Gasteiger partial charge in [0.05, 0.1) is 11.3 Å². The summed E-state index contributed by atoms with van der Waals surface area (Å²) in [6, 6.07) is 7.88. The predicted octanol–water partition coefficient (Wildman–Crippen LogP) is 3.53. The summed E-state index contributed by atoms with van der Waals surface area (Å²) >= 11 is 0. The zero-order valence-corrected chi connectivity index (χ0v) is 16.0. The third-order valence-electron chi connectivity index (χ3n) is 4.36. The molecule has 158 valence electrons. The molecular formula is C20H18F3N3O4. The fourth-order valence-corrected chi connectivity index (χ4v) is 2.62. The van der Waals surface area contributed by atoms with Gasteiger partial charge in [-0.2, -0.15) is 13.2 Å². The Labute approximate surface area is 170 Å². The molecule has 7 nitrogen and oxygen atoms in total. The van der Waals surface area contributed by atoms with Crippen LogP contribution in [0.1, 0.15) is 36.5 Å². The van der Waals surface area contributed by atoms with Gasteiger partial charge in [0.25, 0.3) is 0 Å². The Balaban J connectivity index is 1.51. The standard InChI is InChI=1S/C20H18F3N3O4/c1-13(25-30-11-14-2-5-16(6-3-14)20(21,22)23)15-4-7-17(24-10-15)29-12-26-18(27)8-9-19(26)28/h2-7,10H,8-9,11-12H2,1H3/b25-13+. The molecule has 0 radical (unpaired) electrons. The molecule has 2 amide bonds. The number of rotatable bonds is 7. The van der Waals surface area contributed by atoms with Crippen molar-refractivity contribution >= 4 is 17.5 Å². The van der Waals surface area contributed by atoms with Crippen LogP contribution in [0.4, 0.5) is 13.2 Å². The first-order valence-electron chi connectivity index (χ1n) is 8.99. The van der Waals surface area contributed by atoms with E-state index in [9.17, 15) is 22.8 Å². The number of hydrogen-bond acceptors (Lipinski definition) is 6. The molecule has 1 aliphatic rings. The van der Waals surface area contributed by atoms with Crippen molar-refractivity contribution in [2.24, 2.45) is 5.16 Å². The Morgan fingerprint density at radius 3 is 2.33 bits per heavy atom. The number of hydrogen-bond donors (Lipinski definition) is 0. The molecular weight excluding hydrogens is 403 g/mol. The summed E-state index contributed by atoms with van der Waals surface area (Å²) in [4.78, 5) is 33.4. The maximum absolute atomic E-state index is 12.6. The van der Waals surface area contributed by atoms with E-state index in [0.717, 1.165) is 17.0 Å². The number of pyridine rings is 1. The minimum atomic E-state index is -4.38.